The molecule has 106 valence electrons. The number of hydrogen-bond donors (Lipinski definition) is 2. The average molecular weight is 340 g/mol. The first-order valence-electron chi connectivity index (χ1n) is 6.10. The Morgan fingerprint density at radius 1 is 1.25 bits per heavy atom. The number of anilines is 1. The summed E-state index contributed by atoms with van der Waals surface area (Å²) in [5, 5.41) is 12.1. The predicted octanol–water partition coefficient (Wildman–Crippen LogP) is 3.70. The van der Waals surface area contributed by atoms with Crippen molar-refractivity contribution in [3.8, 4) is 5.75 Å². The lowest BCUT2D eigenvalue weighted by atomic mass is 10.1. The minimum atomic E-state index is -0.396. The van der Waals surface area contributed by atoms with Crippen LogP contribution in [0.2, 0.25) is 0 Å². The summed E-state index contributed by atoms with van der Waals surface area (Å²) in [6.45, 7) is 0.246. The van der Waals surface area contributed by atoms with Crippen molar-refractivity contribution in [2.45, 2.75) is 13.2 Å². The Bertz CT molecular complexity index is 604. The second-order valence-corrected chi connectivity index (χ2v) is 5.10. The fraction of sp³-hybridized carbons (Fsp3) is 0.200. The summed E-state index contributed by atoms with van der Waals surface area (Å²) in [4.78, 5) is 0. The zero-order chi connectivity index (χ0) is 14.5. The van der Waals surface area contributed by atoms with E-state index in [2.05, 4.69) is 21.2 Å². The van der Waals surface area contributed by atoms with E-state index in [1.165, 1.54) is 6.07 Å². The van der Waals surface area contributed by atoms with Crippen LogP contribution in [0.4, 0.5) is 10.1 Å². The first-order chi connectivity index (χ1) is 9.65. The maximum absolute atomic E-state index is 13.9. The molecule has 0 amide bonds. The molecule has 3 nitrogen and oxygen atoms in total. The summed E-state index contributed by atoms with van der Waals surface area (Å²) in [5.41, 5.74) is 1.84. The Morgan fingerprint density at radius 2 is 2.00 bits per heavy atom. The molecular weight excluding hydrogens is 325 g/mol. The van der Waals surface area contributed by atoms with Crippen LogP contribution in [0.1, 0.15) is 11.1 Å². The van der Waals surface area contributed by atoms with Gasteiger partial charge in [0.15, 0.2) is 0 Å². The number of hydrogen-bond acceptors (Lipinski definition) is 3. The van der Waals surface area contributed by atoms with E-state index in [0.29, 0.717) is 22.3 Å². The summed E-state index contributed by atoms with van der Waals surface area (Å²) in [5.74, 6) is 0.360. The van der Waals surface area contributed by atoms with Crippen LogP contribution in [-0.2, 0) is 13.2 Å². The molecule has 0 atom stereocenters. The van der Waals surface area contributed by atoms with Gasteiger partial charge in [-0.15, -0.1) is 0 Å². The van der Waals surface area contributed by atoms with Gasteiger partial charge in [0.05, 0.1) is 19.4 Å². The van der Waals surface area contributed by atoms with Crippen molar-refractivity contribution in [2.75, 3.05) is 12.4 Å². The van der Waals surface area contributed by atoms with Gasteiger partial charge in [0.2, 0.25) is 0 Å². The molecule has 0 bridgehead atoms. The minimum Gasteiger partial charge on any atom is -0.496 e. The Labute approximate surface area is 125 Å². The number of halogens is 2. The lowest BCUT2D eigenvalue weighted by molar-refractivity contribution is 0.280. The lowest BCUT2D eigenvalue weighted by Gasteiger charge is -2.12. The van der Waals surface area contributed by atoms with Gasteiger partial charge in [-0.3, -0.25) is 0 Å². The predicted molar refractivity (Wildman–Crippen MR) is 80.3 cm³/mol. The molecule has 0 aliphatic carbocycles. The van der Waals surface area contributed by atoms with Crippen LogP contribution < -0.4 is 10.1 Å². The van der Waals surface area contributed by atoms with Crippen molar-refractivity contribution >= 4 is 21.6 Å². The summed E-state index contributed by atoms with van der Waals surface area (Å²) in [6.07, 6.45) is 0. The maximum atomic E-state index is 13.9. The van der Waals surface area contributed by atoms with Crippen molar-refractivity contribution < 1.29 is 14.2 Å². The van der Waals surface area contributed by atoms with E-state index in [4.69, 9.17) is 9.84 Å². The second-order valence-electron chi connectivity index (χ2n) is 4.25. The van der Waals surface area contributed by atoms with Gasteiger partial charge in [-0.05, 0) is 23.8 Å². The first-order valence-corrected chi connectivity index (χ1v) is 6.89. The van der Waals surface area contributed by atoms with Crippen molar-refractivity contribution in [2.24, 2.45) is 0 Å². The van der Waals surface area contributed by atoms with Crippen LogP contribution in [0.15, 0.2) is 40.9 Å². The van der Waals surface area contributed by atoms with Crippen LogP contribution >= 0.6 is 15.9 Å². The van der Waals surface area contributed by atoms with Gasteiger partial charge in [-0.1, -0.05) is 34.1 Å². The normalized spacial score (nSPS) is 10.4. The number of rotatable bonds is 5. The average Bonchev–Trinajstić information content (AvgIpc) is 2.48. The van der Waals surface area contributed by atoms with Crippen LogP contribution in [0, 0.1) is 5.82 Å². The molecule has 0 unspecified atom stereocenters. The summed E-state index contributed by atoms with van der Waals surface area (Å²) in [6, 6.07) is 10.5. The molecule has 20 heavy (non-hydrogen) atoms. The van der Waals surface area contributed by atoms with Gasteiger partial charge in [0.1, 0.15) is 11.6 Å². The van der Waals surface area contributed by atoms with Gasteiger partial charge >= 0.3 is 0 Å². The van der Waals surface area contributed by atoms with Crippen LogP contribution in [-0.4, -0.2) is 12.2 Å². The van der Waals surface area contributed by atoms with Crippen molar-refractivity contribution in [3.63, 3.8) is 0 Å². The Balaban J connectivity index is 2.17. The SMILES string of the molecule is COc1ccccc1CNc1cc(Br)c(CO)cc1F. The molecule has 2 aromatic carbocycles. The molecule has 0 fully saturated rings. The van der Waals surface area contributed by atoms with Crippen molar-refractivity contribution in [3.05, 3.63) is 57.8 Å². The smallest absolute Gasteiger partial charge is 0.146 e. The third kappa shape index (κ3) is 3.29. The number of benzene rings is 2. The van der Waals surface area contributed by atoms with Crippen LogP contribution in [0.3, 0.4) is 0 Å². The Hall–Kier alpha value is -1.59. The highest BCUT2D eigenvalue weighted by Crippen LogP contribution is 2.26. The van der Waals surface area contributed by atoms with Gasteiger partial charge in [0, 0.05) is 16.6 Å². The van der Waals surface area contributed by atoms with Crippen LogP contribution in [0.5, 0.6) is 5.75 Å². The van der Waals surface area contributed by atoms with Crippen molar-refractivity contribution in [1.82, 2.24) is 0 Å². The molecule has 5 heteroatoms. The highest BCUT2D eigenvalue weighted by molar-refractivity contribution is 9.10. The zero-order valence-corrected chi connectivity index (χ0v) is 12.6. The first kappa shape index (κ1) is 14.8. The fourth-order valence-electron chi connectivity index (χ4n) is 1.88. The van der Waals surface area contributed by atoms with Gasteiger partial charge in [-0.25, -0.2) is 4.39 Å². The zero-order valence-electron chi connectivity index (χ0n) is 11.0. The molecular formula is C15H15BrFNO2. The maximum Gasteiger partial charge on any atom is 0.146 e. The quantitative estimate of drug-likeness (QED) is 0.872. The molecule has 0 heterocycles. The monoisotopic (exact) mass is 339 g/mol. The van der Waals surface area contributed by atoms with E-state index in [0.717, 1.165) is 11.3 Å². The molecule has 0 aromatic heterocycles. The fourth-order valence-corrected chi connectivity index (χ4v) is 2.35. The largest absolute Gasteiger partial charge is 0.496 e. The third-order valence-electron chi connectivity index (χ3n) is 2.97. The summed E-state index contributed by atoms with van der Waals surface area (Å²) >= 11 is 3.30. The van der Waals surface area contributed by atoms with E-state index >= 15 is 0 Å². The molecule has 0 aliphatic heterocycles. The summed E-state index contributed by atoms with van der Waals surface area (Å²) < 4.78 is 19.8. The number of para-hydroxylation sites is 1. The number of nitrogens with one attached hydrogen (secondary N) is 1. The number of methoxy groups -OCH3 is 1. The molecule has 0 aliphatic rings. The standard InChI is InChI=1S/C15H15BrFNO2/c1-20-15-5-3-2-4-10(15)8-18-14-7-12(16)11(9-19)6-13(14)17/h2-7,18-19H,8-9H2,1H3. The lowest BCUT2D eigenvalue weighted by Crippen LogP contribution is -2.04. The number of aliphatic hydroxyl groups excluding tert-OH is 1. The molecule has 0 saturated carbocycles. The highest BCUT2D eigenvalue weighted by Gasteiger charge is 2.08. The second kappa shape index (κ2) is 6.72. The topological polar surface area (TPSA) is 41.5 Å². The third-order valence-corrected chi connectivity index (χ3v) is 3.71. The minimum absolute atomic E-state index is 0.204. The van der Waals surface area contributed by atoms with Gasteiger partial charge in [-0.2, -0.15) is 0 Å². The molecule has 2 N–H and O–H groups in total. The van der Waals surface area contributed by atoms with Gasteiger partial charge < -0.3 is 15.2 Å². The number of ether oxygens (including phenoxy) is 1. The highest BCUT2D eigenvalue weighted by atomic mass is 79.9. The summed E-state index contributed by atoms with van der Waals surface area (Å²) in [7, 11) is 1.60. The van der Waals surface area contributed by atoms with Gasteiger partial charge in [0.25, 0.3) is 0 Å². The molecule has 2 aromatic rings. The van der Waals surface area contributed by atoms with Crippen LogP contribution in [0.25, 0.3) is 0 Å². The molecule has 0 spiro atoms. The molecule has 0 saturated heterocycles. The Kier molecular flexibility index (Phi) is 4.98. The molecule has 2 rings (SSSR count). The van der Waals surface area contributed by atoms with E-state index in [-0.39, 0.29) is 6.61 Å². The van der Waals surface area contributed by atoms with E-state index in [9.17, 15) is 4.39 Å². The van der Waals surface area contributed by atoms with E-state index in [1.807, 2.05) is 24.3 Å². The number of aliphatic hydroxyl groups is 1. The van der Waals surface area contributed by atoms with E-state index in [1.54, 1.807) is 13.2 Å². The van der Waals surface area contributed by atoms with Crippen molar-refractivity contribution in [1.29, 1.82) is 0 Å². The Morgan fingerprint density at radius 3 is 2.70 bits per heavy atom. The van der Waals surface area contributed by atoms with E-state index < -0.39 is 5.82 Å². The molecule has 0 radical (unpaired) electrons.